The van der Waals surface area contributed by atoms with Gasteiger partial charge in [-0.3, -0.25) is 4.79 Å². The highest BCUT2D eigenvalue weighted by molar-refractivity contribution is 7.10. The minimum atomic E-state index is -0.420. The maximum absolute atomic E-state index is 11.1. The Morgan fingerprint density at radius 1 is 1.48 bits per heavy atom. The average molecular weight is 306 g/mol. The van der Waals surface area contributed by atoms with Crippen LogP contribution in [0.2, 0.25) is 0 Å². The maximum Gasteiger partial charge on any atom is 0.249 e. The Labute approximate surface area is 127 Å². The van der Waals surface area contributed by atoms with E-state index in [2.05, 4.69) is 5.32 Å². The molecule has 1 amide bonds. The molecular weight excluding hydrogens is 288 g/mol. The van der Waals surface area contributed by atoms with Gasteiger partial charge < -0.3 is 20.9 Å². The van der Waals surface area contributed by atoms with Crippen molar-refractivity contribution >= 4 is 17.2 Å². The van der Waals surface area contributed by atoms with Crippen molar-refractivity contribution in [2.24, 2.45) is 5.73 Å². The summed E-state index contributed by atoms with van der Waals surface area (Å²) in [6.45, 7) is 2.55. The minimum Gasteiger partial charge on any atom is -0.508 e. The standard InChI is InChI=1S/C15H18N2O3S/c1-9(13-6-11(20-2)3-4-14(13)18)17-7-12-5-10(8-21-12)15(16)19/h3-6,8-9,17-18H,7H2,1-2H3,(H2,16,19)/t9-/m0/s1. The van der Waals surface area contributed by atoms with Gasteiger partial charge in [-0.15, -0.1) is 11.3 Å². The first kappa shape index (κ1) is 15.3. The summed E-state index contributed by atoms with van der Waals surface area (Å²) in [6, 6.07) is 6.85. The number of aromatic hydroxyl groups is 1. The van der Waals surface area contributed by atoms with E-state index in [1.807, 2.05) is 6.92 Å². The van der Waals surface area contributed by atoms with Crippen LogP contribution in [-0.2, 0) is 6.54 Å². The molecule has 1 aromatic heterocycles. The average Bonchev–Trinajstić information content (AvgIpc) is 2.94. The fourth-order valence-corrected chi connectivity index (χ4v) is 2.80. The van der Waals surface area contributed by atoms with E-state index in [4.69, 9.17) is 10.5 Å². The topological polar surface area (TPSA) is 84.6 Å². The molecule has 0 aliphatic rings. The molecule has 4 N–H and O–H groups in total. The van der Waals surface area contributed by atoms with Crippen molar-refractivity contribution in [3.8, 4) is 11.5 Å². The molecule has 0 aliphatic carbocycles. The summed E-state index contributed by atoms with van der Waals surface area (Å²) in [6.07, 6.45) is 0. The van der Waals surface area contributed by atoms with Crippen molar-refractivity contribution in [3.05, 3.63) is 45.6 Å². The minimum absolute atomic E-state index is 0.0563. The lowest BCUT2D eigenvalue weighted by Crippen LogP contribution is -2.17. The molecule has 1 aromatic carbocycles. The number of ether oxygens (including phenoxy) is 1. The molecular formula is C15H18N2O3S. The molecule has 1 heterocycles. The van der Waals surface area contributed by atoms with Crippen LogP contribution in [0.1, 0.15) is 33.8 Å². The number of phenolic OH excluding ortho intramolecular Hbond substituents is 1. The second-order valence-corrected chi connectivity index (χ2v) is 5.69. The molecule has 0 saturated heterocycles. The van der Waals surface area contributed by atoms with E-state index in [9.17, 15) is 9.90 Å². The van der Waals surface area contributed by atoms with Gasteiger partial charge in [0, 0.05) is 28.4 Å². The van der Waals surface area contributed by atoms with E-state index < -0.39 is 5.91 Å². The number of rotatable bonds is 6. The molecule has 0 bridgehead atoms. The number of hydrogen-bond donors (Lipinski definition) is 3. The van der Waals surface area contributed by atoms with E-state index in [0.29, 0.717) is 17.9 Å². The van der Waals surface area contributed by atoms with Gasteiger partial charge >= 0.3 is 0 Å². The van der Waals surface area contributed by atoms with Gasteiger partial charge in [0.05, 0.1) is 12.7 Å². The number of thiophene rings is 1. The van der Waals surface area contributed by atoms with Crippen LogP contribution < -0.4 is 15.8 Å². The van der Waals surface area contributed by atoms with Crippen LogP contribution in [-0.4, -0.2) is 18.1 Å². The normalized spacial score (nSPS) is 12.1. The van der Waals surface area contributed by atoms with Gasteiger partial charge in [-0.25, -0.2) is 0 Å². The van der Waals surface area contributed by atoms with Crippen molar-refractivity contribution in [2.45, 2.75) is 19.5 Å². The number of phenols is 1. The number of hydrogen-bond acceptors (Lipinski definition) is 5. The number of nitrogens with one attached hydrogen (secondary N) is 1. The maximum atomic E-state index is 11.1. The van der Waals surface area contributed by atoms with Gasteiger partial charge in [-0.05, 0) is 31.2 Å². The quantitative estimate of drug-likeness (QED) is 0.765. The number of benzene rings is 1. The van der Waals surface area contributed by atoms with Crippen LogP contribution in [0, 0.1) is 0 Å². The molecule has 0 aliphatic heterocycles. The third-order valence-electron chi connectivity index (χ3n) is 3.22. The molecule has 2 aromatic rings. The van der Waals surface area contributed by atoms with Gasteiger partial charge in [0.1, 0.15) is 11.5 Å². The largest absolute Gasteiger partial charge is 0.508 e. The van der Waals surface area contributed by atoms with Gasteiger partial charge in [0.25, 0.3) is 0 Å². The van der Waals surface area contributed by atoms with E-state index in [1.54, 1.807) is 36.8 Å². The first-order valence-electron chi connectivity index (χ1n) is 6.48. The number of nitrogens with two attached hydrogens (primary N) is 1. The summed E-state index contributed by atoms with van der Waals surface area (Å²) in [5.74, 6) is 0.499. The highest BCUT2D eigenvalue weighted by atomic mass is 32.1. The first-order chi connectivity index (χ1) is 10.0. The monoisotopic (exact) mass is 306 g/mol. The van der Waals surface area contributed by atoms with Gasteiger partial charge in [-0.2, -0.15) is 0 Å². The summed E-state index contributed by atoms with van der Waals surface area (Å²) >= 11 is 1.48. The SMILES string of the molecule is COc1ccc(O)c([C@H](C)NCc2cc(C(N)=O)cs2)c1. The number of methoxy groups -OCH3 is 1. The fourth-order valence-electron chi connectivity index (χ4n) is 1.97. The molecule has 1 atom stereocenters. The Bertz CT molecular complexity index is 640. The number of carbonyl (C=O) groups is 1. The van der Waals surface area contributed by atoms with Crippen LogP contribution in [0.5, 0.6) is 11.5 Å². The first-order valence-corrected chi connectivity index (χ1v) is 7.36. The molecule has 112 valence electrons. The van der Waals surface area contributed by atoms with E-state index in [-0.39, 0.29) is 11.8 Å². The second kappa shape index (κ2) is 6.60. The lowest BCUT2D eigenvalue weighted by Gasteiger charge is -2.16. The van der Waals surface area contributed by atoms with Crippen LogP contribution >= 0.6 is 11.3 Å². The Kier molecular flexibility index (Phi) is 4.82. The Hall–Kier alpha value is -2.05. The number of primary amides is 1. The zero-order valence-corrected chi connectivity index (χ0v) is 12.7. The summed E-state index contributed by atoms with van der Waals surface area (Å²) in [5, 5.41) is 15.0. The van der Waals surface area contributed by atoms with Crippen LogP contribution in [0.15, 0.2) is 29.6 Å². The summed E-state index contributed by atoms with van der Waals surface area (Å²) < 4.78 is 5.16. The number of carbonyl (C=O) groups excluding carboxylic acids is 1. The second-order valence-electron chi connectivity index (χ2n) is 4.69. The van der Waals surface area contributed by atoms with Crippen molar-refractivity contribution in [2.75, 3.05) is 7.11 Å². The third kappa shape index (κ3) is 3.74. The van der Waals surface area contributed by atoms with Crippen molar-refractivity contribution < 1.29 is 14.6 Å². The Morgan fingerprint density at radius 3 is 2.86 bits per heavy atom. The number of amides is 1. The van der Waals surface area contributed by atoms with E-state index >= 15 is 0 Å². The van der Waals surface area contributed by atoms with Gasteiger partial charge in [0.15, 0.2) is 0 Å². The zero-order valence-electron chi connectivity index (χ0n) is 11.9. The molecule has 0 unspecified atom stereocenters. The lowest BCUT2D eigenvalue weighted by molar-refractivity contribution is 0.100. The third-order valence-corrected chi connectivity index (χ3v) is 4.16. The highest BCUT2D eigenvalue weighted by Crippen LogP contribution is 2.28. The molecule has 5 nitrogen and oxygen atoms in total. The van der Waals surface area contributed by atoms with Crippen molar-refractivity contribution in [3.63, 3.8) is 0 Å². The van der Waals surface area contributed by atoms with Crippen molar-refractivity contribution in [1.29, 1.82) is 0 Å². The summed E-state index contributed by atoms with van der Waals surface area (Å²) in [4.78, 5) is 12.1. The highest BCUT2D eigenvalue weighted by Gasteiger charge is 2.12. The molecule has 6 heteroatoms. The van der Waals surface area contributed by atoms with Crippen molar-refractivity contribution in [1.82, 2.24) is 5.32 Å². The fraction of sp³-hybridized carbons (Fsp3) is 0.267. The molecule has 21 heavy (non-hydrogen) atoms. The predicted octanol–water partition coefficient (Wildman–Crippen LogP) is 2.41. The molecule has 0 saturated carbocycles. The van der Waals surface area contributed by atoms with Crippen LogP contribution in [0.25, 0.3) is 0 Å². The van der Waals surface area contributed by atoms with E-state index in [0.717, 1.165) is 10.4 Å². The van der Waals surface area contributed by atoms with Crippen LogP contribution in [0.4, 0.5) is 0 Å². The van der Waals surface area contributed by atoms with Crippen LogP contribution in [0.3, 0.4) is 0 Å². The Balaban J connectivity index is 2.03. The summed E-state index contributed by atoms with van der Waals surface area (Å²) in [5.41, 5.74) is 6.51. The van der Waals surface area contributed by atoms with E-state index in [1.165, 1.54) is 11.3 Å². The predicted molar refractivity (Wildman–Crippen MR) is 82.8 cm³/mol. The lowest BCUT2D eigenvalue weighted by atomic mass is 10.1. The van der Waals surface area contributed by atoms with Gasteiger partial charge in [0.2, 0.25) is 5.91 Å². The van der Waals surface area contributed by atoms with Gasteiger partial charge in [-0.1, -0.05) is 0 Å². The molecule has 0 fully saturated rings. The molecule has 0 radical (unpaired) electrons. The summed E-state index contributed by atoms with van der Waals surface area (Å²) in [7, 11) is 1.59. The molecule has 0 spiro atoms. The Morgan fingerprint density at radius 2 is 2.24 bits per heavy atom. The zero-order chi connectivity index (χ0) is 15.4. The molecule has 2 rings (SSSR count). The smallest absolute Gasteiger partial charge is 0.249 e.